The molecule has 0 heterocycles. The average Bonchev–Trinajstić information content (AvgIpc) is 2.46. The number of carbonyl (C=O) groups is 1. The van der Waals surface area contributed by atoms with Crippen molar-refractivity contribution in [3.63, 3.8) is 0 Å². The van der Waals surface area contributed by atoms with Gasteiger partial charge in [-0.25, -0.2) is 0 Å². The highest BCUT2D eigenvalue weighted by atomic mass is 79.9. The maximum absolute atomic E-state index is 12.7. The lowest BCUT2D eigenvalue weighted by Gasteiger charge is -2.30. The van der Waals surface area contributed by atoms with E-state index in [4.69, 9.17) is 5.73 Å². The summed E-state index contributed by atoms with van der Waals surface area (Å²) in [5.74, 6) is -0.101. The van der Waals surface area contributed by atoms with E-state index in [0.717, 1.165) is 15.6 Å². The number of hydrogen-bond donors (Lipinski definition) is 1. The number of amides is 1. The Labute approximate surface area is 152 Å². The fraction of sp³-hybridized carbons (Fsp3) is 0.278. The van der Waals surface area contributed by atoms with Crippen molar-refractivity contribution in [2.45, 2.75) is 25.9 Å². The second-order valence-electron chi connectivity index (χ2n) is 5.86. The Morgan fingerprint density at radius 2 is 1.83 bits per heavy atom. The first-order valence-corrected chi connectivity index (χ1v) is 7.96. The third-order valence-corrected chi connectivity index (χ3v) is 4.27. The second kappa shape index (κ2) is 7.95. The molecule has 2 aromatic carbocycles. The maximum Gasteiger partial charge on any atom is 0.247 e. The van der Waals surface area contributed by atoms with Crippen LogP contribution < -0.4 is 5.73 Å². The third kappa shape index (κ3) is 4.80. The highest BCUT2D eigenvalue weighted by Gasteiger charge is 2.33. The fourth-order valence-corrected chi connectivity index (χ4v) is 2.74. The summed E-state index contributed by atoms with van der Waals surface area (Å²) in [5, 5.41) is 0. The van der Waals surface area contributed by atoms with E-state index in [0.29, 0.717) is 6.54 Å². The lowest BCUT2D eigenvalue weighted by molar-refractivity contribution is -0.136. The van der Waals surface area contributed by atoms with Gasteiger partial charge in [-0.1, -0.05) is 57.9 Å². The van der Waals surface area contributed by atoms with E-state index < -0.39 is 5.54 Å². The predicted octanol–water partition coefficient (Wildman–Crippen LogP) is 4.01. The molecule has 1 amide bonds. The Hall–Kier alpha value is -1.36. The molecule has 124 valence electrons. The highest BCUT2D eigenvalue weighted by molar-refractivity contribution is 9.10. The number of rotatable bonds is 4. The van der Waals surface area contributed by atoms with Crippen LogP contribution in [0.3, 0.4) is 0 Å². The van der Waals surface area contributed by atoms with Crippen molar-refractivity contribution < 1.29 is 4.79 Å². The first-order chi connectivity index (χ1) is 10.3. The summed E-state index contributed by atoms with van der Waals surface area (Å²) in [7, 11) is 1.79. The van der Waals surface area contributed by atoms with Crippen molar-refractivity contribution in [2.75, 3.05) is 7.05 Å². The van der Waals surface area contributed by atoms with Crippen LogP contribution in [0.15, 0.2) is 53.0 Å². The number of likely N-dealkylation sites (N-methyl/N-ethyl adjacent to an activating group) is 1. The molecular formula is C18H22BrClN2O. The number of aryl methyl sites for hydroxylation is 1. The molecular weight excluding hydrogens is 376 g/mol. The molecule has 0 radical (unpaired) electrons. The zero-order chi connectivity index (χ0) is 16.3. The van der Waals surface area contributed by atoms with Gasteiger partial charge >= 0.3 is 0 Å². The van der Waals surface area contributed by atoms with Crippen molar-refractivity contribution in [2.24, 2.45) is 5.73 Å². The van der Waals surface area contributed by atoms with Crippen LogP contribution in [0.2, 0.25) is 0 Å². The van der Waals surface area contributed by atoms with E-state index in [1.54, 1.807) is 18.9 Å². The SMILES string of the molecule is Cc1cccc(CN(C)C(=O)C(C)(N)c2ccc(Br)cc2)c1.Cl. The van der Waals surface area contributed by atoms with Crippen molar-refractivity contribution >= 4 is 34.2 Å². The van der Waals surface area contributed by atoms with Crippen molar-refractivity contribution in [3.8, 4) is 0 Å². The smallest absolute Gasteiger partial charge is 0.247 e. The topological polar surface area (TPSA) is 46.3 Å². The predicted molar refractivity (Wildman–Crippen MR) is 101 cm³/mol. The number of carbonyl (C=O) groups excluding carboxylic acids is 1. The minimum absolute atomic E-state index is 0. The Balaban J connectivity index is 0.00000264. The largest absolute Gasteiger partial charge is 0.340 e. The minimum atomic E-state index is -1.04. The second-order valence-corrected chi connectivity index (χ2v) is 6.78. The van der Waals surface area contributed by atoms with Crippen LogP contribution in [-0.2, 0) is 16.9 Å². The molecule has 23 heavy (non-hydrogen) atoms. The summed E-state index contributed by atoms with van der Waals surface area (Å²) in [6.07, 6.45) is 0. The van der Waals surface area contributed by atoms with Gasteiger partial charge in [-0.05, 0) is 37.1 Å². The Kier molecular flexibility index (Phi) is 6.81. The van der Waals surface area contributed by atoms with Gasteiger partial charge in [-0.15, -0.1) is 12.4 Å². The van der Waals surface area contributed by atoms with Crippen LogP contribution in [0, 0.1) is 6.92 Å². The Bertz CT molecular complexity index is 671. The molecule has 0 saturated heterocycles. The molecule has 0 bridgehead atoms. The molecule has 1 atom stereocenters. The molecule has 5 heteroatoms. The van der Waals surface area contributed by atoms with Crippen LogP contribution in [-0.4, -0.2) is 17.9 Å². The zero-order valence-electron chi connectivity index (χ0n) is 13.5. The molecule has 0 aliphatic heterocycles. The summed E-state index contributed by atoms with van der Waals surface area (Å²) in [5.41, 5.74) is 8.35. The summed E-state index contributed by atoms with van der Waals surface area (Å²) >= 11 is 3.39. The van der Waals surface area contributed by atoms with Gasteiger partial charge in [-0.3, -0.25) is 4.79 Å². The van der Waals surface area contributed by atoms with E-state index in [1.165, 1.54) is 5.56 Å². The van der Waals surface area contributed by atoms with Gasteiger partial charge in [0.1, 0.15) is 5.54 Å². The van der Waals surface area contributed by atoms with Gasteiger partial charge in [-0.2, -0.15) is 0 Å². The van der Waals surface area contributed by atoms with Crippen LogP contribution in [0.1, 0.15) is 23.6 Å². The quantitative estimate of drug-likeness (QED) is 0.847. The molecule has 0 aliphatic carbocycles. The molecule has 1 unspecified atom stereocenters. The normalized spacial score (nSPS) is 12.9. The zero-order valence-corrected chi connectivity index (χ0v) is 15.9. The summed E-state index contributed by atoms with van der Waals surface area (Å²) in [6.45, 7) is 4.34. The standard InChI is InChI=1S/C18H21BrN2O.ClH/c1-13-5-4-6-14(11-13)12-21(3)17(22)18(2,20)15-7-9-16(19)10-8-15;/h4-11H,12,20H2,1-3H3;1H. The third-order valence-electron chi connectivity index (χ3n) is 3.74. The molecule has 0 aliphatic rings. The summed E-state index contributed by atoms with van der Waals surface area (Å²) in [6, 6.07) is 15.7. The van der Waals surface area contributed by atoms with Crippen molar-refractivity contribution in [1.82, 2.24) is 4.90 Å². The van der Waals surface area contributed by atoms with E-state index >= 15 is 0 Å². The van der Waals surface area contributed by atoms with E-state index in [1.807, 2.05) is 49.4 Å². The summed E-state index contributed by atoms with van der Waals surface area (Å²) < 4.78 is 0.965. The molecule has 0 saturated carbocycles. The first-order valence-electron chi connectivity index (χ1n) is 7.17. The van der Waals surface area contributed by atoms with E-state index in [9.17, 15) is 4.79 Å². The van der Waals surface area contributed by atoms with Crippen LogP contribution in [0.4, 0.5) is 0 Å². The van der Waals surface area contributed by atoms with Crippen molar-refractivity contribution in [3.05, 3.63) is 69.7 Å². The van der Waals surface area contributed by atoms with Gasteiger partial charge in [0, 0.05) is 18.1 Å². The van der Waals surface area contributed by atoms with Gasteiger partial charge in [0.2, 0.25) is 5.91 Å². The number of benzene rings is 2. The van der Waals surface area contributed by atoms with E-state index in [2.05, 4.69) is 22.0 Å². The molecule has 2 aromatic rings. The number of hydrogen-bond acceptors (Lipinski definition) is 2. The molecule has 2 N–H and O–H groups in total. The lowest BCUT2D eigenvalue weighted by atomic mass is 9.91. The number of halogens is 2. The van der Waals surface area contributed by atoms with Gasteiger partial charge < -0.3 is 10.6 Å². The molecule has 2 rings (SSSR count). The molecule has 0 aromatic heterocycles. The van der Waals surface area contributed by atoms with Gasteiger partial charge in [0.25, 0.3) is 0 Å². The Morgan fingerprint density at radius 3 is 2.39 bits per heavy atom. The Morgan fingerprint density at radius 1 is 1.22 bits per heavy atom. The van der Waals surface area contributed by atoms with E-state index in [-0.39, 0.29) is 18.3 Å². The maximum atomic E-state index is 12.7. The van der Waals surface area contributed by atoms with Crippen LogP contribution in [0.25, 0.3) is 0 Å². The number of nitrogens with zero attached hydrogens (tertiary/aromatic N) is 1. The van der Waals surface area contributed by atoms with Crippen LogP contribution >= 0.6 is 28.3 Å². The van der Waals surface area contributed by atoms with Crippen molar-refractivity contribution in [1.29, 1.82) is 0 Å². The summed E-state index contributed by atoms with van der Waals surface area (Å²) in [4.78, 5) is 14.4. The molecule has 3 nitrogen and oxygen atoms in total. The molecule has 0 spiro atoms. The lowest BCUT2D eigenvalue weighted by Crippen LogP contribution is -2.49. The van der Waals surface area contributed by atoms with Crippen LogP contribution in [0.5, 0.6) is 0 Å². The minimum Gasteiger partial charge on any atom is -0.340 e. The van der Waals surface area contributed by atoms with Gasteiger partial charge in [0.15, 0.2) is 0 Å². The molecule has 0 fully saturated rings. The van der Waals surface area contributed by atoms with Gasteiger partial charge in [0.05, 0.1) is 0 Å². The highest BCUT2D eigenvalue weighted by Crippen LogP contribution is 2.23. The number of nitrogens with two attached hydrogens (primary N) is 1. The average molecular weight is 398 g/mol. The first kappa shape index (κ1) is 19.7. The fourth-order valence-electron chi connectivity index (χ4n) is 2.47. The monoisotopic (exact) mass is 396 g/mol.